The van der Waals surface area contributed by atoms with Crippen molar-refractivity contribution in [2.24, 2.45) is 5.73 Å². The quantitative estimate of drug-likeness (QED) is 0.0696. The van der Waals surface area contributed by atoms with Gasteiger partial charge in [-0.15, -0.1) is 11.8 Å². The van der Waals surface area contributed by atoms with E-state index < -0.39 is 59.2 Å². The minimum absolute atomic E-state index is 0.0398. The summed E-state index contributed by atoms with van der Waals surface area (Å²) >= 11 is 1.11. The van der Waals surface area contributed by atoms with Gasteiger partial charge in [0.25, 0.3) is 11.6 Å². The van der Waals surface area contributed by atoms with Gasteiger partial charge in [-0.1, -0.05) is 12.1 Å². The molecule has 15 heteroatoms. The first-order valence-electron chi connectivity index (χ1n) is 11.9. The number of thioether (sulfide) groups is 1. The molecular weight excluding hydrogens is 550 g/mol. The molecule has 2 aliphatic heterocycles. The number of methoxy groups -OCH3 is 2. The van der Waals surface area contributed by atoms with Crippen LogP contribution in [0.5, 0.6) is 5.75 Å². The lowest BCUT2D eigenvalue weighted by atomic mass is 9.97. The number of amides is 2. The Morgan fingerprint density at radius 1 is 1.23 bits per heavy atom. The van der Waals surface area contributed by atoms with Gasteiger partial charge in [-0.3, -0.25) is 19.3 Å². The molecular formula is C25H29N3O11S. The Morgan fingerprint density at radius 2 is 1.90 bits per heavy atom. The number of fused-ring (bicyclic) bond motifs is 1. The maximum Gasteiger partial charge on any atom is 0.373 e. The number of phenols is 1. The zero-order valence-electron chi connectivity index (χ0n) is 21.6. The average molecular weight is 580 g/mol. The SMILES string of the molecule is COC(=Cc1ccc(O)cc1)C(=O)OCC1=C(C(=O)O)N2C(=O)[C@](NC(=O)CCC[C@H](N)C(=O)O)(OC)[C@H]2SC1. The average Bonchev–Trinajstić information content (AvgIpc) is 2.93. The van der Waals surface area contributed by atoms with E-state index in [4.69, 9.17) is 25.1 Å². The largest absolute Gasteiger partial charge is 0.508 e. The number of aromatic hydroxyl groups is 1. The van der Waals surface area contributed by atoms with E-state index in [0.717, 1.165) is 16.7 Å². The lowest BCUT2D eigenvalue weighted by Gasteiger charge is -2.55. The van der Waals surface area contributed by atoms with Crippen molar-refractivity contribution in [3.05, 3.63) is 46.9 Å². The van der Waals surface area contributed by atoms with Crippen molar-refractivity contribution < 1.29 is 53.5 Å². The first-order chi connectivity index (χ1) is 18.9. The third kappa shape index (κ3) is 6.38. The fourth-order valence-corrected chi connectivity index (χ4v) is 5.50. The monoisotopic (exact) mass is 579 g/mol. The first kappa shape index (κ1) is 30.5. The third-order valence-corrected chi connectivity index (χ3v) is 7.56. The van der Waals surface area contributed by atoms with Gasteiger partial charge >= 0.3 is 17.9 Å². The highest BCUT2D eigenvalue weighted by Gasteiger charge is 2.66. The number of carboxylic acids is 2. The van der Waals surface area contributed by atoms with E-state index in [1.165, 1.54) is 32.4 Å². The molecule has 2 amide bonds. The number of hydrogen-bond donors (Lipinski definition) is 5. The van der Waals surface area contributed by atoms with Crippen molar-refractivity contribution in [2.45, 2.75) is 36.4 Å². The number of benzene rings is 1. The highest BCUT2D eigenvalue weighted by atomic mass is 32.2. The number of carboxylic acid groups (broad SMARTS) is 2. The zero-order valence-corrected chi connectivity index (χ0v) is 22.4. The predicted octanol–water partition coefficient (Wildman–Crippen LogP) is 0.218. The Bertz CT molecular complexity index is 1250. The number of phenolic OH excluding ortho intramolecular Hbond substituents is 1. The molecule has 2 aliphatic rings. The highest BCUT2D eigenvalue weighted by Crippen LogP contribution is 2.46. The summed E-state index contributed by atoms with van der Waals surface area (Å²) in [5, 5.41) is 29.7. The van der Waals surface area contributed by atoms with E-state index in [-0.39, 0.29) is 42.1 Å². The van der Waals surface area contributed by atoms with Crippen LogP contribution in [0.25, 0.3) is 6.08 Å². The number of nitrogens with two attached hydrogens (primary N) is 1. The topological polar surface area (TPSA) is 215 Å². The van der Waals surface area contributed by atoms with Gasteiger partial charge in [0.15, 0.2) is 0 Å². The lowest BCUT2D eigenvalue weighted by molar-refractivity contribution is -0.192. The van der Waals surface area contributed by atoms with E-state index in [1.807, 2.05) is 0 Å². The molecule has 1 aromatic rings. The zero-order chi connectivity index (χ0) is 29.6. The lowest BCUT2D eigenvalue weighted by Crippen LogP contribution is -2.80. The minimum Gasteiger partial charge on any atom is -0.508 e. The van der Waals surface area contributed by atoms with Gasteiger partial charge in [-0.25, -0.2) is 9.59 Å². The summed E-state index contributed by atoms with van der Waals surface area (Å²) in [7, 11) is 2.46. The standard InChI is InChI=1S/C25H29N3O11S/c1-37-17(10-13-6-8-15(29)9-7-13)22(35)39-11-14-12-40-24-25(38-2,23(36)28(24)19(14)21(33)34)27-18(30)5-3-4-16(26)20(31)32/h6-10,16,24,29H,3-5,11-12,26H2,1-2H3,(H,27,30)(H,31,32)(H,33,34)/t16-,24+,25-/m0/s1. The summed E-state index contributed by atoms with van der Waals surface area (Å²) in [5.41, 5.74) is 3.91. The van der Waals surface area contributed by atoms with Gasteiger partial charge in [-0.2, -0.15) is 0 Å². The van der Waals surface area contributed by atoms with Crippen LogP contribution >= 0.6 is 11.8 Å². The number of nitrogens with one attached hydrogen (secondary N) is 1. The van der Waals surface area contributed by atoms with E-state index in [9.17, 15) is 34.2 Å². The van der Waals surface area contributed by atoms with E-state index in [1.54, 1.807) is 12.1 Å². The molecule has 40 heavy (non-hydrogen) atoms. The maximum absolute atomic E-state index is 13.2. The van der Waals surface area contributed by atoms with Gasteiger partial charge in [0, 0.05) is 24.9 Å². The number of ether oxygens (including phenoxy) is 3. The van der Waals surface area contributed by atoms with Gasteiger partial charge in [0.1, 0.15) is 29.5 Å². The molecule has 6 N–H and O–H groups in total. The fourth-order valence-electron chi connectivity index (χ4n) is 4.08. The molecule has 3 atom stereocenters. The molecule has 0 spiro atoms. The Kier molecular flexibility index (Phi) is 9.78. The van der Waals surface area contributed by atoms with Crippen LogP contribution in [0.1, 0.15) is 24.8 Å². The molecule has 0 bridgehead atoms. The van der Waals surface area contributed by atoms with Gasteiger partial charge in [-0.05, 0) is 36.6 Å². The molecule has 3 rings (SSSR count). The molecule has 1 saturated heterocycles. The normalized spacial score (nSPS) is 21.2. The Morgan fingerprint density at radius 3 is 2.48 bits per heavy atom. The predicted molar refractivity (Wildman–Crippen MR) is 139 cm³/mol. The van der Waals surface area contributed by atoms with Crippen LogP contribution in [-0.4, -0.2) is 93.7 Å². The number of esters is 1. The van der Waals surface area contributed by atoms with Crippen LogP contribution in [-0.2, 0) is 38.2 Å². The molecule has 1 fully saturated rings. The fraction of sp³-hybridized carbons (Fsp3) is 0.400. The maximum atomic E-state index is 13.2. The summed E-state index contributed by atoms with van der Waals surface area (Å²) < 4.78 is 15.7. The first-order valence-corrected chi connectivity index (χ1v) is 13.0. The van der Waals surface area contributed by atoms with Crippen LogP contribution in [0.2, 0.25) is 0 Å². The second-order valence-corrected chi connectivity index (χ2v) is 9.87. The van der Waals surface area contributed by atoms with Crippen molar-refractivity contribution in [1.29, 1.82) is 0 Å². The van der Waals surface area contributed by atoms with E-state index in [0.29, 0.717) is 5.56 Å². The highest BCUT2D eigenvalue weighted by molar-refractivity contribution is 8.00. The number of carbonyl (C=O) groups is 5. The van der Waals surface area contributed by atoms with Crippen molar-refractivity contribution in [2.75, 3.05) is 26.6 Å². The van der Waals surface area contributed by atoms with Gasteiger partial charge in [0.05, 0.1) is 7.11 Å². The molecule has 0 saturated carbocycles. The Balaban J connectivity index is 1.70. The number of β-lactam (4-membered cyclic amide) rings is 1. The summed E-state index contributed by atoms with van der Waals surface area (Å²) in [5.74, 6) is -5.02. The smallest absolute Gasteiger partial charge is 0.373 e. The molecule has 0 aliphatic carbocycles. The van der Waals surface area contributed by atoms with Crippen LogP contribution in [0.4, 0.5) is 0 Å². The van der Waals surface area contributed by atoms with Crippen molar-refractivity contribution >= 4 is 47.6 Å². The number of carbonyl (C=O) groups excluding carboxylic acids is 3. The van der Waals surface area contributed by atoms with Crippen LogP contribution in [0.3, 0.4) is 0 Å². The Hall–Kier alpha value is -4.08. The molecule has 0 radical (unpaired) electrons. The number of aliphatic carboxylic acids is 2. The van der Waals surface area contributed by atoms with E-state index >= 15 is 0 Å². The molecule has 14 nitrogen and oxygen atoms in total. The third-order valence-electron chi connectivity index (χ3n) is 6.19. The molecule has 2 heterocycles. The molecule has 0 aromatic heterocycles. The van der Waals surface area contributed by atoms with Crippen LogP contribution < -0.4 is 11.1 Å². The molecule has 1 aromatic carbocycles. The summed E-state index contributed by atoms with van der Waals surface area (Å²) in [6, 6.07) is 4.81. The van der Waals surface area contributed by atoms with Crippen LogP contribution in [0.15, 0.2) is 41.3 Å². The number of rotatable bonds is 13. The number of nitrogens with zero attached hydrogens (tertiary/aromatic N) is 1. The van der Waals surface area contributed by atoms with Crippen molar-refractivity contribution in [3.63, 3.8) is 0 Å². The van der Waals surface area contributed by atoms with Gasteiger partial charge < -0.3 is 40.6 Å². The van der Waals surface area contributed by atoms with Crippen LogP contribution in [0, 0.1) is 0 Å². The van der Waals surface area contributed by atoms with Crippen molar-refractivity contribution in [1.82, 2.24) is 10.2 Å². The summed E-state index contributed by atoms with van der Waals surface area (Å²) in [4.78, 5) is 62.2. The number of hydrogen-bond acceptors (Lipinski definition) is 11. The minimum atomic E-state index is -1.82. The van der Waals surface area contributed by atoms with Crippen molar-refractivity contribution in [3.8, 4) is 5.75 Å². The second kappa shape index (κ2) is 12.8. The molecule has 216 valence electrons. The molecule has 0 unspecified atom stereocenters. The second-order valence-electron chi connectivity index (χ2n) is 8.80. The van der Waals surface area contributed by atoms with Gasteiger partial charge in [0.2, 0.25) is 11.7 Å². The summed E-state index contributed by atoms with van der Waals surface area (Å²) in [6.45, 7) is -0.448. The Labute approximate surface area is 232 Å². The van der Waals surface area contributed by atoms with E-state index in [2.05, 4.69) is 5.32 Å². The summed E-state index contributed by atoms with van der Waals surface area (Å²) in [6.07, 6.45) is 1.45.